The summed E-state index contributed by atoms with van der Waals surface area (Å²) in [5.41, 5.74) is 17.1. The summed E-state index contributed by atoms with van der Waals surface area (Å²) >= 11 is 0. The lowest BCUT2D eigenvalue weighted by Crippen LogP contribution is -2.92. The zero-order valence-electron chi connectivity index (χ0n) is 42.6. The molecule has 2 saturated carbocycles. The minimum atomic E-state index is -1.25. The molecule has 2 aromatic rings. The summed E-state index contributed by atoms with van der Waals surface area (Å²) in [5, 5.41) is 0. The molecular weight excluding hydrogens is 817 g/mol. The summed E-state index contributed by atoms with van der Waals surface area (Å²) in [7, 11) is 147. The number of anilines is 2. The van der Waals surface area contributed by atoms with Crippen molar-refractivity contribution in [3.05, 3.63) is 59.2 Å². The van der Waals surface area contributed by atoms with Crippen LogP contribution in [0, 0.1) is 11.8 Å². The molecule has 0 unspecified atom stereocenters. The van der Waals surface area contributed by atoms with Crippen LogP contribution in [0.2, 0.25) is 5.82 Å². The van der Waals surface area contributed by atoms with Crippen LogP contribution in [0.5, 0.6) is 0 Å². The molecule has 0 heterocycles. The zero-order valence-corrected chi connectivity index (χ0v) is 42.6. The Morgan fingerprint density at radius 2 is 0.639 bits per heavy atom. The van der Waals surface area contributed by atoms with E-state index in [4.69, 9.17) is 182 Å². The highest BCUT2D eigenvalue weighted by Crippen LogP contribution is 2.43. The quantitative estimate of drug-likeness (QED) is 0.0695. The molecule has 0 spiro atoms. The number of nitrogen functional groups attached to an aromatic ring is 2. The average molecular weight is 855 g/mol. The van der Waals surface area contributed by atoms with Gasteiger partial charge in [-0.25, -0.2) is 0 Å². The first-order chi connectivity index (χ1) is 33.7. The molecule has 45 heteroatoms. The summed E-state index contributed by atoms with van der Waals surface area (Å²) in [4.78, 5) is 0. The molecule has 284 valence electrons. The van der Waals surface area contributed by atoms with Crippen LogP contribution in [0.4, 0.5) is 11.4 Å². The molecule has 2 nitrogen and oxygen atoms in total. The molecule has 2 fully saturated rings. The Labute approximate surface area is 477 Å². The highest BCUT2D eigenvalue weighted by Gasteiger charge is 2.59. The molecule has 0 saturated heterocycles. The van der Waals surface area contributed by atoms with Crippen LogP contribution in [-0.4, -0.2) is 304 Å². The van der Waals surface area contributed by atoms with Crippen molar-refractivity contribution in [1.29, 1.82) is 0 Å². The third kappa shape index (κ3) is 17.7. The van der Waals surface area contributed by atoms with Gasteiger partial charge in [0.15, 0.2) is 0 Å². The van der Waals surface area contributed by atoms with Gasteiger partial charge in [-0.2, -0.15) is 0 Å². The molecule has 0 bridgehead atoms. The third-order valence-corrected chi connectivity index (χ3v) is 17.1. The molecule has 4 rings (SSSR count). The first-order valence-electron chi connectivity index (χ1n) is 26.0. The van der Waals surface area contributed by atoms with Crippen LogP contribution >= 0.6 is 0 Å². The van der Waals surface area contributed by atoms with Gasteiger partial charge in [0.05, 0.1) is 0 Å². The third-order valence-electron chi connectivity index (χ3n) is 17.1. The number of nitrogens with two attached hydrogens (primary N) is 2. The van der Waals surface area contributed by atoms with E-state index >= 15 is 0 Å². The summed E-state index contributed by atoms with van der Waals surface area (Å²) in [6.45, 7) is -0.737. The number of hydrogen-bond donors (Lipinski definition) is 2. The Bertz CT molecular complexity index is 1760. The van der Waals surface area contributed by atoms with E-state index in [1.165, 1.54) is 11.1 Å². The van der Waals surface area contributed by atoms with E-state index in [-0.39, 0.29) is 5.82 Å². The molecule has 2 aliphatic rings. The molecule has 0 amide bonds. The highest BCUT2D eigenvalue weighted by molar-refractivity contribution is 8.30. The summed E-state index contributed by atoms with van der Waals surface area (Å²) < 4.78 is 0. The molecule has 0 atom stereocenters. The SMILES string of the molecule is [B]B([B])B(B([B])[B])B(B([B])[B])B(B(B(B([B])[B])B([B])[B])B(B([B])[B])B([B])[B])B(B(B(B([B])[B])B([B])[B])B(B([B])[B])B([B])[B])C1CCC(CCC2CCC(c3ccc(Cc4cc(N)cc(N)c4)cc3)CC2)CC1. The monoisotopic (exact) mass is 863 g/mol. The molecule has 0 aromatic heterocycles. The van der Waals surface area contributed by atoms with E-state index in [0.717, 1.165) is 63.4 Å². The van der Waals surface area contributed by atoms with E-state index in [2.05, 4.69) is 24.3 Å². The van der Waals surface area contributed by atoms with Crippen LogP contribution in [0.3, 0.4) is 0 Å². The summed E-state index contributed by atoms with van der Waals surface area (Å²) in [6, 6.07) is 14.7. The smallest absolute Gasteiger partial charge is 0.0491 e. The minimum absolute atomic E-state index is 0.248. The lowest BCUT2D eigenvalue weighted by atomic mass is 8.29. The van der Waals surface area contributed by atoms with E-state index in [1.54, 1.807) is 6.07 Å². The van der Waals surface area contributed by atoms with E-state index < -0.39 is 134 Å². The fourth-order valence-electron chi connectivity index (χ4n) is 13.9. The van der Waals surface area contributed by atoms with Gasteiger partial charge in [-0.1, -0.05) is 68.6 Å². The van der Waals surface area contributed by atoms with Gasteiger partial charge in [-0.15, -0.1) is 0 Å². The Hall–Kier alpha value is 0.832. The predicted octanol–water partition coefficient (Wildman–Crippen LogP) is -9.35. The van der Waals surface area contributed by atoms with Gasteiger partial charge >= 0.3 is 0 Å². The standard InChI is InChI=1S/C27H37B43N2/c28-51(29)64(52(30)31)62(65(53(32)33)54(34)35)50(63(69(61(48)49)66(55(36)37)56(38)39)70(67(57(40)41)58(42)43)68(59(44)45)60(46)47)25-13-7-20(8-14-25)2-1-19-3-9-23(10-4-19)24-11-5-21(6-12-24)15-22-16-26(71)18-27(72)17-22/h5-6,11-12,16-20,23,25H,1-4,7-10,13-15,71-72H2. The van der Waals surface area contributed by atoms with Gasteiger partial charge in [-0.3, -0.25) is 0 Å². The van der Waals surface area contributed by atoms with Crippen molar-refractivity contribution in [3.63, 3.8) is 0 Å². The van der Waals surface area contributed by atoms with Crippen LogP contribution in [0.15, 0.2) is 42.5 Å². The van der Waals surface area contributed by atoms with Crippen LogP contribution in [0.1, 0.15) is 86.8 Å². The molecule has 44 radical (unpaired) electrons. The second-order valence-electron chi connectivity index (χ2n) is 22.1. The summed E-state index contributed by atoms with van der Waals surface area (Å²) in [6.07, 6.45) is -11.4. The summed E-state index contributed by atoms with van der Waals surface area (Å²) in [5.74, 6) is 1.29. The average Bonchev–Trinajstić information content (AvgIpc) is 3.25. The molecule has 2 aliphatic carbocycles. The van der Waals surface area contributed by atoms with Crippen LogP contribution < -0.4 is 11.5 Å². The lowest BCUT2D eigenvalue weighted by molar-refractivity contribution is 0.261. The number of hydrogen-bond acceptors (Lipinski definition) is 2. The minimum Gasteiger partial charge on any atom is -0.399 e. The molecule has 4 N–H and O–H groups in total. The number of rotatable bonds is 27. The van der Waals surface area contributed by atoms with Gasteiger partial charge in [0.25, 0.3) is 0 Å². The molecule has 72 heavy (non-hydrogen) atoms. The van der Waals surface area contributed by atoms with Crippen molar-refractivity contribution in [1.82, 2.24) is 0 Å². The molecular formula is C27H37B43N2. The lowest BCUT2D eigenvalue weighted by Gasteiger charge is -2.56. The van der Waals surface area contributed by atoms with E-state index in [9.17, 15) is 0 Å². The van der Waals surface area contributed by atoms with Crippen molar-refractivity contribution in [2.45, 2.75) is 82.4 Å². The Morgan fingerprint density at radius 3 is 0.986 bits per heavy atom. The van der Waals surface area contributed by atoms with Crippen molar-refractivity contribution in [3.8, 4) is 0 Å². The predicted molar refractivity (Wildman–Crippen MR) is 372 cm³/mol. The Kier molecular flexibility index (Phi) is 27.6. The second-order valence-corrected chi connectivity index (χ2v) is 22.1. The van der Waals surface area contributed by atoms with Crippen molar-refractivity contribution in [2.75, 3.05) is 11.5 Å². The highest BCUT2D eigenvalue weighted by atomic mass is 14.6. The van der Waals surface area contributed by atoms with Gasteiger partial charge in [0.1, 0.15) is 0 Å². The maximum absolute atomic E-state index is 6.93. The second kappa shape index (κ2) is 30.4. The zero-order chi connectivity index (χ0) is 54.0. The van der Waals surface area contributed by atoms with Gasteiger partial charge in [0.2, 0.25) is 0 Å². The van der Waals surface area contributed by atoms with Crippen molar-refractivity contribution >= 4 is 316 Å². The van der Waals surface area contributed by atoms with Gasteiger partial charge < -0.3 is 11.5 Å². The van der Waals surface area contributed by atoms with E-state index in [1.807, 2.05) is 12.1 Å². The normalized spacial score (nSPS) is 17.1. The van der Waals surface area contributed by atoms with Gasteiger partial charge in [-0.05, 0) is 84.7 Å². The molecule has 0 aliphatic heterocycles. The van der Waals surface area contributed by atoms with Crippen LogP contribution in [-0.2, 0) is 6.42 Å². The maximum Gasteiger partial charge on any atom is 0.0491 e. The van der Waals surface area contributed by atoms with Gasteiger partial charge in [0, 0.05) is 316 Å². The first-order valence-corrected chi connectivity index (χ1v) is 26.0. The first kappa shape index (κ1) is 65.4. The molecule has 2 aromatic carbocycles. The fraction of sp³-hybridized carbons (Fsp3) is 0.556. The van der Waals surface area contributed by atoms with Crippen LogP contribution in [0.25, 0.3) is 0 Å². The Morgan fingerprint density at radius 1 is 0.333 bits per heavy atom. The van der Waals surface area contributed by atoms with E-state index in [0.29, 0.717) is 42.0 Å². The number of benzene rings is 2. The maximum atomic E-state index is 6.93. The fourth-order valence-corrected chi connectivity index (χ4v) is 13.9. The van der Waals surface area contributed by atoms with Crippen molar-refractivity contribution in [2.24, 2.45) is 11.8 Å². The van der Waals surface area contributed by atoms with Crippen molar-refractivity contribution < 1.29 is 0 Å². The topological polar surface area (TPSA) is 52.0 Å². The largest absolute Gasteiger partial charge is 0.399 e. The Balaban J connectivity index is 1.76.